The number of benzene rings is 8. The summed E-state index contributed by atoms with van der Waals surface area (Å²) in [7, 11) is 0. The van der Waals surface area contributed by atoms with Crippen LogP contribution in [0, 0.1) is 6.85 Å². The molecule has 0 aliphatic carbocycles. The molecule has 0 amide bonds. The van der Waals surface area contributed by atoms with Gasteiger partial charge in [-0.25, -0.2) is 4.98 Å². The fraction of sp³-hybridized carbons (Fsp3) is 0.217. The first-order chi connectivity index (χ1) is 39.9. The minimum Gasteiger partial charge on any atom is -0.507 e. The lowest BCUT2D eigenvalue weighted by Gasteiger charge is -2.26. The van der Waals surface area contributed by atoms with Crippen molar-refractivity contribution in [2.45, 2.75) is 98.5 Å². The van der Waals surface area contributed by atoms with E-state index in [-0.39, 0.29) is 34.1 Å². The number of imidazole rings is 1. The van der Waals surface area contributed by atoms with Crippen LogP contribution in [0.3, 0.4) is 0 Å². The van der Waals surface area contributed by atoms with Gasteiger partial charge < -0.3 is 5.11 Å². The second kappa shape index (κ2) is 19.3. The molecule has 2 heterocycles. The van der Waals surface area contributed by atoms with Crippen LogP contribution in [-0.2, 0) is 10.8 Å². The summed E-state index contributed by atoms with van der Waals surface area (Å²) in [6, 6.07) is 57.1. The third-order valence-corrected chi connectivity index (χ3v) is 13.9. The smallest absolute Gasteiger partial charge is 0.149 e. The van der Waals surface area contributed by atoms with Crippen LogP contribution < -0.4 is 0 Å². The van der Waals surface area contributed by atoms with E-state index in [2.05, 4.69) is 71.0 Å². The zero-order valence-electron chi connectivity index (χ0n) is 54.3. The normalized spacial score (nSPS) is 15.2. The fourth-order valence-electron chi connectivity index (χ4n) is 10.0. The van der Waals surface area contributed by atoms with Gasteiger partial charge in [-0.15, -0.1) is 0 Å². The van der Waals surface area contributed by atoms with Crippen LogP contribution in [0.2, 0.25) is 0 Å². The number of pyridine rings is 1. The van der Waals surface area contributed by atoms with E-state index in [0.717, 1.165) is 55.6 Å². The number of aryl methyl sites for hydroxylation is 1. The number of aromatic hydroxyl groups is 1. The maximum atomic E-state index is 12.5. The van der Waals surface area contributed by atoms with Gasteiger partial charge in [0.1, 0.15) is 11.6 Å². The molecule has 0 fully saturated rings. The molecule has 4 nitrogen and oxygen atoms in total. The van der Waals surface area contributed by atoms with Gasteiger partial charge in [0, 0.05) is 33.8 Å². The highest BCUT2D eigenvalue weighted by Gasteiger charge is 2.27. The lowest BCUT2D eigenvalue weighted by Crippen LogP contribution is -2.13. The summed E-state index contributed by atoms with van der Waals surface area (Å²) in [5.41, 5.74) is 10.4. The molecule has 0 radical (unpaired) electrons. The van der Waals surface area contributed by atoms with Gasteiger partial charge >= 0.3 is 0 Å². The van der Waals surface area contributed by atoms with Crippen molar-refractivity contribution in [3.05, 3.63) is 216 Å². The molecule has 73 heavy (non-hydrogen) atoms. The van der Waals surface area contributed by atoms with Crippen LogP contribution in [-0.4, -0.2) is 19.6 Å². The van der Waals surface area contributed by atoms with Gasteiger partial charge in [0.15, 0.2) is 0 Å². The van der Waals surface area contributed by atoms with E-state index in [1.165, 1.54) is 24.3 Å². The monoisotopic (exact) mass is 966 g/mol. The van der Waals surface area contributed by atoms with Gasteiger partial charge in [-0.3, -0.25) is 9.55 Å². The highest BCUT2D eigenvalue weighted by atomic mass is 16.3. The van der Waals surface area contributed by atoms with E-state index in [0.29, 0.717) is 56.1 Å². The number of hydrogen-bond donors (Lipinski definition) is 1. The second-order valence-corrected chi connectivity index (χ2v) is 20.8. The van der Waals surface area contributed by atoms with Gasteiger partial charge in [0.25, 0.3) is 0 Å². The van der Waals surface area contributed by atoms with E-state index in [4.69, 9.17) is 22.3 Å². The predicted molar refractivity (Wildman–Crippen MR) is 309 cm³/mol. The maximum Gasteiger partial charge on any atom is 0.149 e. The van der Waals surface area contributed by atoms with Gasteiger partial charge in [-0.05, 0) is 162 Å². The van der Waals surface area contributed by atoms with Crippen LogP contribution in [0.25, 0.3) is 95.0 Å². The molecule has 0 aliphatic rings. The highest BCUT2D eigenvalue weighted by Crippen LogP contribution is 2.46. The summed E-state index contributed by atoms with van der Waals surface area (Å²) in [5.74, 6) is 0.408. The quantitative estimate of drug-likeness (QED) is 0.149. The SMILES string of the molecule is [2H]C([2H])([2H])c1cc(-c2c(-c3ccccc3)cccc2C(C)(C)C)ccc1-n1c(-c2cc(C(C)C)cc(C(C)C)c2O)nc2c(-c3cc(-c4ccccc4)cc(-c4cc(-c5ccc(C(C([2H])([2H])[2H])(C([2H])([2H])[2H])C([2H])([2H])[2H])cc5)ccn4)c3)cccc21. The highest BCUT2D eigenvalue weighted by molar-refractivity contribution is 5.98. The second-order valence-electron chi connectivity index (χ2n) is 20.8. The standard InChI is InChI=1S/C69H67N3O/c1-43(2)51-40-58(44(3)4)66(73)59(41-51)67-71-65-57(53-37-52(46-20-14-12-15-21-46)38-54(39-53)61-42-49(34-35-70-61)47-28-31-55(32-29-47)68(6,7)8)25-19-27-63(65)72(67)62-33-30-50(36-45(62)5)64-56(48-22-16-13-17-23-48)24-18-26-60(64)69(9,10)11/h12-44,73H,1-11H3/i5D3,6D3,7D3,8D3. The van der Waals surface area contributed by atoms with Crippen molar-refractivity contribution in [2.75, 3.05) is 0 Å². The molecule has 0 aliphatic heterocycles. The number of nitrogens with zero attached hydrogens (tertiary/aromatic N) is 3. The summed E-state index contributed by atoms with van der Waals surface area (Å²) >= 11 is 0. The summed E-state index contributed by atoms with van der Waals surface area (Å²) in [6.07, 6.45) is 1.64. The molecule has 10 rings (SSSR count). The average molecular weight is 966 g/mol. The molecular formula is C69H67N3O. The van der Waals surface area contributed by atoms with E-state index in [1.807, 2.05) is 128 Å². The molecule has 364 valence electrons. The molecule has 0 unspecified atom stereocenters. The van der Waals surface area contributed by atoms with Crippen molar-refractivity contribution in [3.8, 4) is 89.7 Å². The van der Waals surface area contributed by atoms with E-state index in [9.17, 15) is 9.22 Å². The fourth-order valence-corrected chi connectivity index (χ4v) is 10.0. The van der Waals surface area contributed by atoms with Crippen LogP contribution in [0.1, 0.15) is 125 Å². The lowest BCUT2D eigenvalue weighted by atomic mass is 9.78. The molecule has 0 saturated heterocycles. The first-order valence-corrected chi connectivity index (χ1v) is 24.9. The predicted octanol–water partition coefficient (Wildman–Crippen LogP) is 18.9. The Kier molecular flexibility index (Phi) is 9.56. The number of phenols is 1. The number of hydrogen-bond acceptors (Lipinski definition) is 3. The molecule has 8 aromatic carbocycles. The van der Waals surface area contributed by atoms with Gasteiger partial charge in [0.2, 0.25) is 0 Å². The van der Waals surface area contributed by atoms with E-state index in [1.54, 1.807) is 18.3 Å². The molecule has 1 N–H and O–H groups in total. The van der Waals surface area contributed by atoms with Crippen LogP contribution in [0.15, 0.2) is 188 Å². The molecule has 0 atom stereocenters. The van der Waals surface area contributed by atoms with Gasteiger partial charge in [-0.1, -0.05) is 196 Å². The van der Waals surface area contributed by atoms with Crippen molar-refractivity contribution >= 4 is 11.0 Å². The number of phenolic OH excluding ortho intramolecular Hbond substituents is 1. The first-order valence-electron chi connectivity index (χ1n) is 30.9. The largest absolute Gasteiger partial charge is 0.507 e. The molecule has 0 saturated carbocycles. The minimum atomic E-state index is -3.41. The van der Waals surface area contributed by atoms with Crippen molar-refractivity contribution in [1.82, 2.24) is 14.5 Å². The minimum absolute atomic E-state index is 0.0521. The Labute approximate surface area is 450 Å². The number of aromatic nitrogens is 3. The van der Waals surface area contributed by atoms with Crippen LogP contribution >= 0.6 is 0 Å². The zero-order valence-corrected chi connectivity index (χ0v) is 42.3. The number of para-hydroxylation sites is 1. The molecular weight excluding hydrogens is 887 g/mol. The Morgan fingerprint density at radius 2 is 1.18 bits per heavy atom. The summed E-state index contributed by atoms with van der Waals surface area (Å²) in [5, 5.41) is 12.5. The Morgan fingerprint density at radius 3 is 1.86 bits per heavy atom. The molecule has 4 heteroatoms. The van der Waals surface area contributed by atoms with Crippen LogP contribution in [0.4, 0.5) is 0 Å². The van der Waals surface area contributed by atoms with Crippen molar-refractivity contribution < 1.29 is 21.6 Å². The Bertz CT molecular complexity index is 4080. The van der Waals surface area contributed by atoms with E-state index >= 15 is 0 Å². The Balaban J connectivity index is 1.21. The Hall–Kier alpha value is -7.82. The van der Waals surface area contributed by atoms with Gasteiger partial charge in [0.05, 0.1) is 28.0 Å². The third-order valence-electron chi connectivity index (χ3n) is 13.9. The topological polar surface area (TPSA) is 50.9 Å². The summed E-state index contributed by atoms with van der Waals surface area (Å²) in [6.45, 7) is 1.89. The average Bonchev–Trinajstić information content (AvgIpc) is 4.11. The molecule has 10 aromatic rings. The van der Waals surface area contributed by atoms with Crippen molar-refractivity contribution in [3.63, 3.8) is 0 Å². The van der Waals surface area contributed by atoms with Gasteiger partial charge in [-0.2, -0.15) is 0 Å². The van der Waals surface area contributed by atoms with Crippen LogP contribution in [0.5, 0.6) is 5.75 Å². The number of rotatable bonds is 10. The number of fused-ring (bicyclic) bond motifs is 1. The molecule has 0 spiro atoms. The van der Waals surface area contributed by atoms with E-state index < -0.39 is 32.8 Å². The lowest BCUT2D eigenvalue weighted by molar-refractivity contribution is 0.466. The Morgan fingerprint density at radius 1 is 0.521 bits per heavy atom. The molecule has 2 aromatic heterocycles. The third kappa shape index (κ3) is 9.55. The summed E-state index contributed by atoms with van der Waals surface area (Å²) < 4.78 is 104. The van der Waals surface area contributed by atoms with Crippen molar-refractivity contribution in [2.24, 2.45) is 0 Å². The first kappa shape index (κ1) is 36.1. The molecule has 0 bridgehead atoms. The zero-order chi connectivity index (χ0) is 61.3. The summed E-state index contributed by atoms with van der Waals surface area (Å²) in [4.78, 5) is 10.4. The maximum absolute atomic E-state index is 12.5. The van der Waals surface area contributed by atoms with Crippen molar-refractivity contribution in [1.29, 1.82) is 0 Å².